The molecule has 0 spiro atoms. The van der Waals surface area contributed by atoms with E-state index in [1.54, 1.807) is 17.1 Å². The number of carbonyl (C=O) groups is 1. The Bertz CT molecular complexity index is 608. The number of benzene rings is 1. The van der Waals surface area contributed by atoms with Gasteiger partial charge >= 0.3 is 0 Å². The van der Waals surface area contributed by atoms with Crippen molar-refractivity contribution in [2.24, 2.45) is 11.7 Å². The van der Waals surface area contributed by atoms with Gasteiger partial charge in [-0.2, -0.15) is 5.10 Å². The van der Waals surface area contributed by atoms with Crippen molar-refractivity contribution in [3.63, 3.8) is 0 Å². The fraction of sp³-hybridized carbons (Fsp3) is 0.375. The lowest BCUT2D eigenvalue weighted by molar-refractivity contribution is 0.0929. The van der Waals surface area contributed by atoms with E-state index in [9.17, 15) is 4.79 Å². The van der Waals surface area contributed by atoms with Gasteiger partial charge in [-0.05, 0) is 37.4 Å². The predicted molar refractivity (Wildman–Crippen MR) is 81.2 cm³/mol. The number of aromatic nitrogens is 2. The van der Waals surface area contributed by atoms with Crippen molar-refractivity contribution in [2.75, 3.05) is 6.54 Å². The number of nitrogens with zero attached hydrogens (tertiary/aromatic N) is 2. The van der Waals surface area contributed by atoms with Gasteiger partial charge in [-0.3, -0.25) is 4.79 Å². The molecule has 2 atom stereocenters. The number of amides is 1. The van der Waals surface area contributed by atoms with Gasteiger partial charge < -0.3 is 11.1 Å². The molecule has 21 heavy (non-hydrogen) atoms. The van der Waals surface area contributed by atoms with Crippen molar-refractivity contribution in [3.05, 3.63) is 48.3 Å². The summed E-state index contributed by atoms with van der Waals surface area (Å²) in [5, 5.41) is 7.34. The maximum Gasteiger partial charge on any atom is 0.254 e. The molecule has 110 valence electrons. The van der Waals surface area contributed by atoms with Crippen LogP contribution in [0.2, 0.25) is 0 Å². The molecule has 3 N–H and O–H groups in total. The van der Waals surface area contributed by atoms with Crippen molar-refractivity contribution in [1.82, 2.24) is 15.1 Å². The minimum absolute atomic E-state index is 0.0671. The summed E-state index contributed by atoms with van der Waals surface area (Å²) in [5.74, 6) is 0.334. The number of hydrogen-bond donors (Lipinski definition) is 2. The summed E-state index contributed by atoms with van der Waals surface area (Å²) < 4.78 is 1.71. The molecule has 1 aliphatic carbocycles. The molecule has 2 unspecified atom stereocenters. The molecule has 0 saturated heterocycles. The number of nitrogens with one attached hydrogen (secondary N) is 1. The minimum atomic E-state index is -0.0671. The Labute approximate surface area is 124 Å². The number of carbonyl (C=O) groups excluding carboxylic acids is 1. The summed E-state index contributed by atoms with van der Waals surface area (Å²) in [4.78, 5) is 12.3. The van der Waals surface area contributed by atoms with E-state index in [2.05, 4.69) is 10.4 Å². The third kappa shape index (κ3) is 2.97. The third-order valence-corrected chi connectivity index (χ3v) is 4.14. The van der Waals surface area contributed by atoms with E-state index in [0.717, 1.165) is 24.9 Å². The molecule has 0 radical (unpaired) electrons. The first kappa shape index (κ1) is 13.8. The molecular weight excluding hydrogens is 264 g/mol. The Balaban J connectivity index is 1.70. The maximum atomic E-state index is 12.3. The van der Waals surface area contributed by atoms with Gasteiger partial charge in [0.25, 0.3) is 5.91 Å². The first-order valence-corrected chi connectivity index (χ1v) is 7.39. The van der Waals surface area contributed by atoms with Crippen LogP contribution in [0.3, 0.4) is 0 Å². The van der Waals surface area contributed by atoms with Crippen molar-refractivity contribution >= 4 is 5.91 Å². The van der Waals surface area contributed by atoms with Crippen LogP contribution in [-0.2, 0) is 0 Å². The monoisotopic (exact) mass is 284 g/mol. The van der Waals surface area contributed by atoms with Crippen molar-refractivity contribution in [1.29, 1.82) is 0 Å². The highest BCUT2D eigenvalue weighted by molar-refractivity contribution is 5.94. The molecule has 5 heteroatoms. The Morgan fingerprint density at radius 1 is 1.33 bits per heavy atom. The molecule has 1 fully saturated rings. The predicted octanol–water partition coefficient (Wildman–Crippen LogP) is 1.73. The lowest BCUT2D eigenvalue weighted by Crippen LogP contribution is -2.39. The summed E-state index contributed by atoms with van der Waals surface area (Å²) in [7, 11) is 0. The number of nitrogens with two attached hydrogens (primary N) is 1. The molecule has 2 aromatic rings. The topological polar surface area (TPSA) is 72.9 Å². The molecule has 1 heterocycles. The van der Waals surface area contributed by atoms with Gasteiger partial charge in [-0.25, -0.2) is 4.68 Å². The zero-order chi connectivity index (χ0) is 14.7. The van der Waals surface area contributed by atoms with Crippen LogP contribution in [-0.4, -0.2) is 28.3 Å². The summed E-state index contributed by atoms with van der Waals surface area (Å²) in [6.45, 7) is 0.633. The largest absolute Gasteiger partial charge is 0.349 e. The number of hydrogen-bond acceptors (Lipinski definition) is 3. The zero-order valence-corrected chi connectivity index (χ0v) is 11.9. The first-order valence-electron chi connectivity index (χ1n) is 7.39. The minimum Gasteiger partial charge on any atom is -0.349 e. The van der Waals surface area contributed by atoms with E-state index in [0.29, 0.717) is 18.0 Å². The van der Waals surface area contributed by atoms with E-state index < -0.39 is 0 Å². The van der Waals surface area contributed by atoms with Crippen LogP contribution in [0, 0.1) is 5.92 Å². The second-order valence-electron chi connectivity index (χ2n) is 5.52. The highest BCUT2D eigenvalue weighted by Crippen LogP contribution is 2.24. The van der Waals surface area contributed by atoms with Crippen molar-refractivity contribution in [3.8, 4) is 5.69 Å². The van der Waals surface area contributed by atoms with E-state index >= 15 is 0 Å². The second-order valence-corrected chi connectivity index (χ2v) is 5.52. The van der Waals surface area contributed by atoms with E-state index in [1.807, 2.05) is 30.3 Å². The molecule has 5 nitrogen and oxygen atoms in total. The molecule has 1 aromatic carbocycles. The quantitative estimate of drug-likeness (QED) is 0.898. The van der Waals surface area contributed by atoms with Crippen LogP contribution in [0.4, 0.5) is 0 Å². The Kier molecular flexibility index (Phi) is 4.01. The molecule has 0 aliphatic heterocycles. The molecule has 0 bridgehead atoms. The zero-order valence-electron chi connectivity index (χ0n) is 11.9. The molecule has 1 aromatic heterocycles. The van der Waals surface area contributed by atoms with Crippen molar-refractivity contribution < 1.29 is 4.79 Å². The lowest BCUT2D eigenvalue weighted by Gasteiger charge is -2.18. The van der Waals surface area contributed by atoms with E-state index in [4.69, 9.17) is 5.73 Å². The third-order valence-electron chi connectivity index (χ3n) is 4.14. The highest BCUT2D eigenvalue weighted by Gasteiger charge is 2.27. The van der Waals surface area contributed by atoms with Crippen LogP contribution in [0.1, 0.15) is 29.6 Å². The van der Waals surface area contributed by atoms with Crippen molar-refractivity contribution in [2.45, 2.75) is 25.3 Å². The molecule has 3 rings (SSSR count). The summed E-state index contributed by atoms with van der Waals surface area (Å²) >= 11 is 0. The lowest BCUT2D eigenvalue weighted by atomic mass is 10.0. The molecule has 1 saturated carbocycles. The average molecular weight is 284 g/mol. The van der Waals surface area contributed by atoms with Gasteiger partial charge in [0.05, 0.1) is 17.4 Å². The van der Waals surface area contributed by atoms with Gasteiger partial charge in [0.2, 0.25) is 0 Å². The fourth-order valence-electron chi connectivity index (χ4n) is 2.92. The van der Waals surface area contributed by atoms with Gasteiger partial charge in [0.15, 0.2) is 0 Å². The maximum absolute atomic E-state index is 12.3. The fourth-order valence-corrected chi connectivity index (χ4v) is 2.92. The van der Waals surface area contributed by atoms with Crippen LogP contribution in [0.5, 0.6) is 0 Å². The van der Waals surface area contributed by atoms with Gasteiger partial charge in [0.1, 0.15) is 0 Å². The Morgan fingerprint density at radius 2 is 2.14 bits per heavy atom. The van der Waals surface area contributed by atoms with Crippen LogP contribution < -0.4 is 11.1 Å². The number of para-hydroxylation sites is 1. The normalized spacial score (nSPS) is 21.4. The second kappa shape index (κ2) is 6.10. The Hall–Kier alpha value is -2.14. The first-order chi connectivity index (χ1) is 10.3. The van der Waals surface area contributed by atoms with E-state index in [1.165, 1.54) is 0 Å². The van der Waals surface area contributed by atoms with Gasteiger partial charge in [0, 0.05) is 12.2 Å². The molecule has 1 aliphatic rings. The molecule has 1 amide bonds. The average Bonchev–Trinajstić information content (AvgIpc) is 3.17. The smallest absolute Gasteiger partial charge is 0.254 e. The van der Waals surface area contributed by atoms with Gasteiger partial charge in [-0.1, -0.05) is 24.6 Å². The SMILES string of the molecule is NCC1CCCC1NC(=O)c1cnn(-c2ccccc2)c1. The molecular formula is C16H20N4O. The summed E-state index contributed by atoms with van der Waals surface area (Å²) in [6, 6.07) is 9.95. The van der Waals surface area contributed by atoms with Gasteiger partial charge in [-0.15, -0.1) is 0 Å². The highest BCUT2D eigenvalue weighted by atomic mass is 16.1. The number of rotatable bonds is 4. The van der Waals surface area contributed by atoms with Crippen LogP contribution >= 0.6 is 0 Å². The van der Waals surface area contributed by atoms with Crippen LogP contribution in [0.15, 0.2) is 42.7 Å². The summed E-state index contributed by atoms with van der Waals surface area (Å²) in [5.41, 5.74) is 7.28. The standard InChI is InChI=1S/C16H20N4O/c17-9-12-5-4-8-15(12)19-16(21)13-10-18-20(11-13)14-6-2-1-3-7-14/h1-3,6-7,10-12,15H,4-5,8-9,17H2,(H,19,21). The Morgan fingerprint density at radius 3 is 2.90 bits per heavy atom. The van der Waals surface area contributed by atoms with Crippen LogP contribution in [0.25, 0.3) is 5.69 Å². The van der Waals surface area contributed by atoms with E-state index in [-0.39, 0.29) is 11.9 Å². The summed E-state index contributed by atoms with van der Waals surface area (Å²) in [6.07, 6.45) is 6.62.